The largest absolute Gasteiger partial charge is 0.395 e. The van der Waals surface area contributed by atoms with Crippen molar-refractivity contribution in [3.63, 3.8) is 0 Å². The first kappa shape index (κ1) is 16.7. The molecule has 2 rings (SSSR count). The maximum atomic E-state index is 8.71. The highest BCUT2D eigenvalue weighted by Gasteiger charge is 2.12. The Hall–Kier alpha value is -1.68. The molecule has 0 radical (unpaired) electrons. The molecule has 22 heavy (non-hydrogen) atoms. The van der Waals surface area contributed by atoms with Crippen molar-refractivity contribution >= 4 is 0 Å². The fourth-order valence-corrected chi connectivity index (χ4v) is 2.65. The van der Waals surface area contributed by atoms with Crippen LogP contribution in [0, 0.1) is 0 Å². The van der Waals surface area contributed by atoms with Gasteiger partial charge in [-0.2, -0.15) is 0 Å². The predicted octanol–water partition coefficient (Wildman–Crippen LogP) is 2.38. The summed E-state index contributed by atoms with van der Waals surface area (Å²) < 4.78 is 0. The Morgan fingerprint density at radius 1 is 0.682 bits per heavy atom. The summed E-state index contributed by atoms with van der Waals surface area (Å²) in [5.74, 6) is 0.431. The second kappa shape index (κ2) is 10.1. The van der Waals surface area contributed by atoms with Crippen LogP contribution in [0.3, 0.4) is 0 Å². The van der Waals surface area contributed by atoms with Gasteiger partial charge in [-0.15, -0.1) is 0 Å². The molecule has 0 aliphatic rings. The van der Waals surface area contributed by atoms with E-state index in [2.05, 4.69) is 71.3 Å². The molecule has 0 heterocycles. The lowest BCUT2D eigenvalue weighted by Crippen LogP contribution is -2.30. The number of aliphatic hydroxyl groups excluding tert-OH is 1. The molecule has 3 heteroatoms. The third kappa shape index (κ3) is 5.60. The molecule has 0 spiro atoms. The summed E-state index contributed by atoms with van der Waals surface area (Å²) in [7, 11) is 0. The van der Waals surface area contributed by atoms with Gasteiger partial charge in [-0.05, 0) is 24.1 Å². The van der Waals surface area contributed by atoms with E-state index in [1.807, 2.05) is 0 Å². The quantitative estimate of drug-likeness (QED) is 0.590. The minimum atomic E-state index is 0.199. The zero-order chi connectivity index (χ0) is 15.5. The third-order valence-electron chi connectivity index (χ3n) is 3.78. The molecule has 0 unspecified atom stereocenters. The fourth-order valence-electron chi connectivity index (χ4n) is 2.65. The Labute approximate surface area is 133 Å². The molecule has 0 aliphatic heterocycles. The predicted molar refractivity (Wildman–Crippen MR) is 92.2 cm³/mol. The Bertz CT molecular complexity index is 462. The van der Waals surface area contributed by atoms with Crippen molar-refractivity contribution in [2.75, 3.05) is 32.8 Å². The van der Waals surface area contributed by atoms with Gasteiger partial charge in [0.1, 0.15) is 0 Å². The minimum absolute atomic E-state index is 0.199. The Morgan fingerprint density at radius 2 is 1.18 bits per heavy atom. The number of rotatable bonds is 10. The van der Waals surface area contributed by atoms with Crippen molar-refractivity contribution in [1.29, 1.82) is 0 Å². The minimum Gasteiger partial charge on any atom is -0.395 e. The molecule has 0 atom stereocenters. The number of hydrogen-bond acceptors (Lipinski definition) is 3. The highest BCUT2D eigenvalue weighted by atomic mass is 16.3. The van der Waals surface area contributed by atoms with Gasteiger partial charge in [0, 0.05) is 25.6 Å². The zero-order valence-corrected chi connectivity index (χ0v) is 13.0. The topological polar surface area (TPSA) is 44.3 Å². The monoisotopic (exact) mass is 298 g/mol. The molecule has 0 saturated carbocycles. The number of nitrogens with one attached hydrogen (secondary N) is 2. The fraction of sp³-hybridized carbons (Fsp3) is 0.368. The van der Waals surface area contributed by atoms with E-state index in [9.17, 15) is 0 Å². The van der Waals surface area contributed by atoms with Gasteiger partial charge in [0.25, 0.3) is 0 Å². The number of aliphatic hydroxyl groups is 1. The van der Waals surface area contributed by atoms with Crippen LogP contribution in [0.2, 0.25) is 0 Å². The molecule has 118 valence electrons. The van der Waals surface area contributed by atoms with E-state index < -0.39 is 0 Å². The second-order valence-electron chi connectivity index (χ2n) is 5.39. The van der Waals surface area contributed by atoms with Crippen LogP contribution < -0.4 is 10.6 Å². The van der Waals surface area contributed by atoms with E-state index in [-0.39, 0.29) is 6.61 Å². The van der Waals surface area contributed by atoms with Crippen LogP contribution in [0.5, 0.6) is 0 Å². The molecule has 0 aromatic heterocycles. The smallest absolute Gasteiger partial charge is 0.0555 e. The molecular weight excluding hydrogens is 272 g/mol. The van der Waals surface area contributed by atoms with E-state index >= 15 is 0 Å². The molecular formula is C19H26N2O. The van der Waals surface area contributed by atoms with E-state index in [0.717, 1.165) is 26.1 Å². The molecule has 3 N–H and O–H groups in total. The molecule has 0 saturated heterocycles. The average Bonchev–Trinajstić information content (AvgIpc) is 2.59. The Morgan fingerprint density at radius 3 is 1.68 bits per heavy atom. The van der Waals surface area contributed by atoms with Crippen molar-refractivity contribution in [3.8, 4) is 0 Å². The first-order valence-electron chi connectivity index (χ1n) is 8.04. The summed E-state index contributed by atoms with van der Waals surface area (Å²) in [4.78, 5) is 0. The first-order chi connectivity index (χ1) is 10.9. The lowest BCUT2D eigenvalue weighted by molar-refractivity contribution is 0.292. The lowest BCUT2D eigenvalue weighted by atomic mass is 9.88. The van der Waals surface area contributed by atoms with E-state index in [1.54, 1.807) is 0 Å². The van der Waals surface area contributed by atoms with Crippen LogP contribution in [0.4, 0.5) is 0 Å². The van der Waals surface area contributed by atoms with Gasteiger partial charge in [-0.1, -0.05) is 60.7 Å². The van der Waals surface area contributed by atoms with Gasteiger partial charge in [-0.25, -0.2) is 0 Å². The summed E-state index contributed by atoms with van der Waals surface area (Å²) in [5.41, 5.74) is 2.74. The highest BCUT2D eigenvalue weighted by molar-refractivity contribution is 5.32. The van der Waals surface area contributed by atoms with Crippen LogP contribution >= 0.6 is 0 Å². The van der Waals surface area contributed by atoms with Crippen LogP contribution in [0.25, 0.3) is 0 Å². The molecule has 0 amide bonds. The maximum absolute atomic E-state index is 8.71. The number of benzene rings is 2. The normalized spacial score (nSPS) is 11.0. The molecule has 2 aromatic carbocycles. The lowest BCUT2D eigenvalue weighted by Gasteiger charge is -2.18. The molecule has 0 aliphatic carbocycles. The van der Waals surface area contributed by atoms with E-state index in [4.69, 9.17) is 5.11 Å². The Balaban J connectivity index is 1.87. The van der Waals surface area contributed by atoms with Gasteiger partial charge >= 0.3 is 0 Å². The van der Waals surface area contributed by atoms with Gasteiger partial charge in [0.05, 0.1) is 6.61 Å². The summed E-state index contributed by atoms with van der Waals surface area (Å²) in [6.07, 6.45) is 1.08. The number of hydrogen-bond donors (Lipinski definition) is 3. The van der Waals surface area contributed by atoms with Crippen LogP contribution in [-0.2, 0) is 0 Å². The van der Waals surface area contributed by atoms with Gasteiger partial charge in [0.2, 0.25) is 0 Å². The second-order valence-corrected chi connectivity index (χ2v) is 5.39. The summed E-state index contributed by atoms with van der Waals surface area (Å²) in [5, 5.41) is 15.4. The zero-order valence-electron chi connectivity index (χ0n) is 13.0. The third-order valence-corrected chi connectivity index (χ3v) is 3.78. The summed E-state index contributed by atoms with van der Waals surface area (Å²) in [6, 6.07) is 21.4. The molecule has 2 aromatic rings. The molecule has 0 fully saturated rings. The Kier molecular flexibility index (Phi) is 7.67. The van der Waals surface area contributed by atoms with Crippen molar-refractivity contribution in [2.45, 2.75) is 12.3 Å². The average molecular weight is 298 g/mol. The first-order valence-corrected chi connectivity index (χ1v) is 8.04. The highest BCUT2D eigenvalue weighted by Crippen LogP contribution is 2.27. The maximum Gasteiger partial charge on any atom is 0.0555 e. The van der Waals surface area contributed by atoms with Crippen LogP contribution in [0.1, 0.15) is 23.5 Å². The van der Waals surface area contributed by atoms with Crippen LogP contribution in [0.15, 0.2) is 60.7 Å². The van der Waals surface area contributed by atoms with Gasteiger partial charge in [-0.3, -0.25) is 0 Å². The summed E-state index contributed by atoms with van der Waals surface area (Å²) >= 11 is 0. The van der Waals surface area contributed by atoms with Crippen molar-refractivity contribution in [1.82, 2.24) is 10.6 Å². The standard InChI is InChI=1S/C19H26N2O/c22-16-15-21-14-13-20-12-11-19(17-7-3-1-4-8-17)18-9-5-2-6-10-18/h1-10,19-22H,11-16H2. The van der Waals surface area contributed by atoms with Gasteiger partial charge < -0.3 is 15.7 Å². The van der Waals surface area contributed by atoms with Gasteiger partial charge in [0.15, 0.2) is 0 Å². The molecule has 3 nitrogen and oxygen atoms in total. The van der Waals surface area contributed by atoms with Crippen molar-refractivity contribution in [3.05, 3.63) is 71.8 Å². The van der Waals surface area contributed by atoms with Crippen molar-refractivity contribution < 1.29 is 5.11 Å². The molecule has 0 bridgehead atoms. The van der Waals surface area contributed by atoms with E-state index in [0.29, 0.717) is 12.5 Å². The van der Waals surface area contributed by atoms with Crippen LogP contribution in [-0.4, -0.2) is 37.9 Å². The summed E-state index contributed by atoms with van der Waals surface area (Å²) in [6.45, 7) is 3.66. The van der Waals surface area contributed by atoms with Crippen molar-refractivity contribution in [2.24, 2.45) is 0 Å². The SMILES string of the molecule is OCCNCCNCCC(c1ccccc1)c1ccccc1. The van der Waals surface area contributed by atoms with E-state index in [1.165, 1.54) is 11.1 Å².